The first-order valence-corrected chi connectivity index (χ1v) is 19.9. The molecule has 0 bridgehead atoms. The predicted octanol–water partition coefficient (Wildman–Crippen LogP) is 15.2. The quantitative estimate of drug-likeness (QED) is 0.117. The molecule has 0 aromatic heterocycles. The van der Waals surface area contributed by atoms with Gasteiger partial charge in [0.05, 0.1) is 5.69 Å². The highest BCUT2D eigenvalue weighted by Gasteiger charge is 2.20. The molecular weight excluding hydrogens is 675 g/mol. The molecule has 8 aromatic rings. The van der Waals surface area contributed by atoms with Crippen molar-refractivity contribution in [2.24, 2.45) is 0 Å². The summed E-state index contributed by atoms with van der Waals surface area (Å²) in [5.41, 5.74) is 13.6. The molecule has 0 aliphatic heterocycles. The normalized spacial score (nSPS) is 13.8. The molecule has 56 heavy (non-hydrogen) atoms. The zero-order valence-corrected chi connectivity index (χ0v) is 31.8. The molecule has 8 aromatic carbocycles. The molecule has 0 spiro atoms. The van der Waals surface area contributed by atoms with E-state index in [4.69, 9.17) is 6.58 Å². The van der Waals surface area contributed by atoms with E-state index in [-0.39, 0.29) is 0 Å². The number of allylic oxidation sites excluding steroid dienone is 6. The van der Waals surface area contributed by atoms with Gasteiger partial charge in [-0.15, -0.1) is 0 Å². The van der Waals surface area contributed by atoms with E-state index in [1.807, 2.05) is 0 Å². The highest BCUT2D eigenvalue weighted by atomic mass is 15.1. The number of benzene rings is 8. The van der Waals surface area contributed by atoms with Gasteiger partial charge in [0, 0.05) is 16.8 Å². The van der Waals surface area contributed by atoms with Crippen molar-refractivity contribution in [3.05, 3.63) is 210 Å². The Kier molecular flexibility index (Phi) is 8.57. The van der Waals surface area contributed by atoms with Crippen molar-refractivity contribution in [2.45, 2.75) is 32.6 Å². The van der Waals surface area contributed by atoms with Crippen molar-refractivity contribution >= 4 is 72.2 Å². The second kappa shape index (κ2) is 14.2. The molecule has 0 radical (unpaired) electrons. The van der Waals surface area contributed by atoms with Gasteiger partial charge >= 0.3 is 0 Å². The van der Waals surface area contributed by atoms with Crippen molar-refractivity contribution in [1.29, 1.82) is 0 Å². The fourth-order valence-corrected chi connectivity index (χ4v) is 9.18. The fraction of sp³-hybridized carbons (Fsp3) is 0.0909. The van der Waals surface area contributed by atoms with Crippen LogP contribution in [-0.2, 0) is 12.8 Å². The fourth-order valence-electron chi connectivity index (χ4n) is 9.18. The number of rotatable bonds is 7. The largest absolute Gasteiger partial charge is 0.310 e. The summed E-state index contributed by atoms with van der Waals surface area (Å²) >= 11 is 0. The van der Waals surface area contributed by atoms with Crippen LogP contribution in [-0.4, -0.2) is 0 Å². The van der Waals surface area contributed by atoms with Gasteiger partial charge < -0.3 is 4.90 Å². The Balaban J connectivity index is 1.13. The van der Waals surface area contributed by atoms with Gasteiger partial charge in [-0.3, -0.25) is 0 Å². The van der Waals surface area contributed by atoms with Gasteiger partial charge in [-0.25, -0.2) is 0 Å². The summed E-state index contributed by atoms with van der Waals surface area (Å²) in [5.74, 6) is 0. The van der Waals surface area contributed by atoms with Crippen LogP contribution < -0.4 is 4.90 Å². The minimum absolute atomic E-state index is 0.896. The Bertz CT molecular complexity index is 2990. The second-order valence-electron chi connectivity index (χ2n) is 15.1. The molecule has 1 nitrogen and oxygen atoms in total. The Morgan fingerprint density at radius 1 is 0.554 bits per heavy atom. The molecule has 0 heterocycles. The van der Waals surface area contributed by atoms with Gasteiger partial charge in [-0.2, -0.15) is 0 Å². The SMILES string of the molecule is C=C(/C=C\C(=C/C)c1c2c(cc3ccccc13)CCC=C2)N(c1ccc(-c2c3c(cc4ccccc24)CCC=C3)cc1)c1cc2ccccc2c2ccccc12. The summed E-state index contributed by atoms with van der Waals surface area (Å²) in [6.07, 6.45) is 20.3. The van der Waals surface area contributed by atoms with Crippen LogP contribution in [0.25, 0.3) is 71.9 Å². The first-order valence-electron chi connectivity index (χ1n) is 19.9. The first-order chi connectivity index (χ1) is 27.7. The second-order valence-corrected chi connectivity index (χ2v) is 15.1. The molecule has 0 unspecified atom stereocenters. The smallest absolute Gasteiger partial charge is 0.0546 e. The third-order valence-corrected chi connectivity index (χ3v) is 11.8. The monoisotopic (exact) mass is 717 g/mol. The maximum absolute atomic E-state index is 4.81. The van der Waals surface area contributed by atoms with Crippen LogP contribution in [0.5, 0.6) is 0 Å². The molecule has 0 amide bonds. The summed E-state index contributed by atoms with van der Waals surface area (Å²) in [6.45, 7) is 6.96. The van der Waals surface area contributed by atoms with Crippen molar-refractivity contribution in [3.63, 3.8) is 0 Å². The van der Waals surface area contributed by atoms with E-state index in [0.717, 1.165) is 42.8 Å². The minimum Gasteiger partial charge on any atom is -0.310 e. The van der Waals surface area contributed by atoms with Crippen LogP contribution in [0.2, 0.25) is 0 Å². The number of anilines is 2. The highest BCUT2D eigenvalue weighted by molar-refractivity contribution is 6.14. The van der Waals surface area contributed by atoms with Crippen LogP contribution >= 0.6 is 0 Å². The van der Waals surface area contributed by atoms with E-state index >= 15 is 0 Å². The van der Waals surface area contributed by atoms with E-state index in [9.17, 15) is 0 Å². The third kappa shape index (κ3) is 5.79. The molecule has 0 atom stereocenters. The number of fused-ring (bicyclic) bond motifs is 7. The Labute approximate surface area is 329 Å². The molecule has 0 N–H and O–H groups in total. The topological polar surface area (TPSA) is 3.24 Å². The molecular formula is C55H43N. The number of hydrogen-bond acceptors (Lipinski definition) is 1. The lowest BCUT2D eigenvalue weighted by molar-refractivity contribution is 0.987. The third-order valence-electron chi connectivity index (χ3n) is 11.8. The van der Waals surface area contributed by atoms with Gasteiger partial charge in [-0.05, 0) is 139 Å². The zero-order chi connectivity index (χ0) is 37.6. The number of nitrogens with zero attached hydrogens (tertiary/aromatic N) is 1. The lowest BCUT2D eigenvalue weighted by Crippen LogP contribution is -2.15. The van der Waals surface area contributed by atoms with Crippen molar-refractivity contribution in [2.75, 3.05) is 4.90 Å². The van der Waals surface area contributed by atoms with Crippen LogP contribution in [0.15, 0.2) is 182 Å². The van der Waals surface area contributed by atoms with Gasteiger partial charge in [0.2, 0.25) is 0 Å². The van der Waals surface area contributed by atoms with Crippen LogP contribution in [0.4, 0.5) is 11.4 Å². The van der Waals surface area contributed by atoms with E-state index < -0.39 is 0 Å². The average Bonchev–Trinajstić information content (AvgIpc) is 3.25. The standard InChI is InChI=1S/C55H43N/c1-3-38(54-47-22-10-5-16-40(47)34-41-17-6-11-23-48(41)54)29-28-37(2)56(53-36-44-20-4-9-21-46(44)51-26-14-15-27-52(51)53)45-32-30-39(31-33-45)55-49-24-12-7-18-42(49)35-43-19-8-13-25-50(43)55/h3-5,7,9-16,18,20-36H,2,6,8,17,19H2,1H3/b29-28-,38-3+. The number of hydrogen-bond donors (Lipinski definition) is 0. The van der Waals surface area contributed by atoms with Crippen LogP contribution in [0.1, 0.15) is 47.6 Å². The molecule has 0 saturated heterocycles. The molecule has 2 aliphatic rings. The van der Waals surface area contributed by atoms with Gasteiger partial charge in [0.25, 0.3) is 0 Å². The van der Waals surface area contributed by atoms with Gasteiger partial charge in [-0.1, -0.05) is 164 Å². The summed E-state index contributed by atoms with van der Waals surface area (Å²) in [7, 11) is 0. The average molecular weight is 718 g/mol. The molecule has 0 saturated carbocycles. The Morgan fingerprint density at radius 3 is 1.80 bits per heavy atom. The van der Waals surface area contributed by atoms with Crippen molar-refractivity contribution in [3.8, 4) is 11.1 Å². The lowest BCUT2D eigenvalue weighted by atomic mass is 9.85. The van der Waals surface area contributed by atoms with E-state index in [1.165, 1.54) is 87.6 Å². The summed E-state index contributed by atoms with van der Waals surface area (Å²) in [5, 5.41) is 10.0. The van der Waals surface area contributed by atoms with E-state index in [1.54, 1.807) is 0 Å². The van der Waals surface area contributed by atoms with Crippen molar-refractivity contribution < 1.29 is 0 Å². The minimum atomic E-state index is 0.896. The summed E-state index contributed by atoms with van der Waals surface area (Å²) < 4.78 is 0. The molecule has 2 aliphatic carbocycles. The van der Waals surface area contributed by atoms with Crippen LogP contribution in [0.3, 0.4) is 0 Å². The van der Waals surface area contributed by atoms with E-state index in [2.05, 4.69) is 194 Å². The molecule has 268 valence electrons. The van der Waals surface area contributed by atoms with E-state index in [0.29, 0.717) is 0 Å². The number of aryl methyl sites for hydroxylation is 2. The molecule has 0 fully saturated rings. The maximum atomic E-state index is 4.81. The highest BCUT2D eigenvalue weighted by Crippen LogP contribution is 2.43. The maximum Gasteiger partial charge on any atom is 0.0546 e. The summed E-state index contributed by atoms with van der Waals surface area (Å²) in [6, 6.07) is 51.4. The van der Waals surface area contributed by atoms with Gasteiger partial charge in [0.1, 0.15) is 0 Å². The molecule has 10 rings (SSSR count). The van der Waals surface area contributed by atoms with Crippen molar-refractivity contribution in [1.82, 2.24) is 0 Å². The lowest BCUT2D eigenvalue weighted by Gasteiger charge is -2.28. The van der Waals surface area contributed by atoms with Crippen LogP contribution in [0, 0.1) is 0 Å². The Hall–Kier alpha value is -6.70. The molecule has 1 heteroatoms. The predicted molar refractivity (Wildman–Crippen MR) is 244 cm³/mol. The first kappa shape index (κ1) is 33.8. The summed E-state index contributed by atoms with van der Waals surface area (Å²) in [4.78, 5) is 2.35. The zero-order valence-electron chi connectivity index (χ0n) is 31.8. The van der Waals surface area contributed by atoms with Gasteiger partial charge in [0.15, 0.2) is 0 Å². The Morgan fingerprint density at radius 2 is 1.11 bits per heavy atom.